The van der Waals surface area contributed by atoms with Crippen LogP contribution in [0.15, 0.2) is 60.8 Å². The highest BCUT2D eigenvalue weighted by molar-refractivity contribution is 5.80. The topological polar surface area (TPSA) is 110 Å². The van der Waals surface area contributed by atoms with Gasteiger partial charge in [0.1, 0.15) is 12.2 Å². The van der Waals surface area contributed by atoms with Crippen LogP contribution in [0.25, 0.3) is 0 Å². The van der Waals surface area contributed by atoms with Gasteiger partial charge in [0, 0.05) is 0 Å². The molecule has 4 atom stereocenters. The average molecular weight is 941 g/mol. The molecule has 392 valence electrons. The first-order chi connectivity index (χ1) is 33.0. The molecule has 0 spiro atoms. The second-order valence-electron chi connectivity index (χ2n) is 20.0. The lowest BCUT2D eigenvalue weighted by molar-refractivity contribution is -0.132. The van der Waals surface area contributed by atoms with E-state index in [0.717, 1.165) is 57.8 Å². The molecule has 0 radical (unpaired) electrons. The lowest BCUT2D eigenvalue weighted by Crippen LogP contribution is -2.53. The average Bonchev–Trinajstić information content (AvgIpc) is 3.33. The smallest absolute Gasteiger partial charge is 0.249 e. The van der Waals surface area contributed by atoms with E-state index < -0.39 is 36.9 Å². The number of aliphatic hydroxyl groups is 4. The molecular formula is C61H113NO5. The summed E-state index contributed by atoms with van der Waals surface area (Å²) in [5.41, 5.74) is 0. The molecular weight excluding hydrogens is 827 g/mol. The van der Waals surface area contributed by atoms with E-state index in [1.54, 1.807) is 0 Å². The van der Waals surface area contributed by atoms with Gasteiger partial charge in [-0.25, -0.2) is 0 Å². The highest BCUT2D eigenvalue weighted by atomic mass is 16.3. The van der Waals surface area contributed by atoms with Gasteiger partial charge in [-0.2, -0.15) is 0 Å². The van der Waals surface area contributed by atoms with Crippen molar-refractivity contribution in [2.24, 2.45) is 0 Å². The van der Waals surface area contributed by atoms with Crippen LogP contribution >= 0.6 is 0 Å². The number of hydrogen-bond donors (Lipinski definition) is 5. The van der Waals surface area contributed by atoms with Gasteiger partial charge in [-0.3, -0.25) is 4.79 Å². The molecule has 0 bridgehead atoms. The molecule has 0 saturated heterocycles. The lowest BCUT2D eigenvalue weighted by atomic mass is 10.00. The first kappa shape index (κ1) is 65.0. The molecule has 4 unspecified atom stereocenters. The third-order valence-corrected chi connectivity index (χ3v) is 13.4. The zero-order valence-electron chi connectivity index (χ0n) is 44.4. The van der Waals surface area contributed by atoms with Crippen LogP contribution in [-0.2, 0) is 4.79 Å². The molecule has 67 heavy (non-hydrogen) atoms. The van der Waals surface area contributed by atoms with Crippen LogP contribution in [-0.4, -0.2) is 57.3 Å². The fourth-order valence-corrected chi connectivity index (χ4v) is 8.82. The van der Waals surface area contributed by atoms with Gasteiger partial charge in [0.05, 0.1) is 18.8 Å². The molecule has 0 aromatic rings. The van der Waals surface area contributed by atoms with Gasteiger partial charge < -0.3 is 25.7 Å². The number of aliphatic hydroxyl groups excluding tert-OH is 4. The molecule has 6 nitrogen and oxygen atoms in total. The van der Waals surface area contributed by atoms with E-state index >= 15 is 0 Å². The molecule has 1 amide bonds. The largest absolute Gasteiger partial charge is 0.394 e. The van der Waals surface area contributed by atoms with Crippen LogP contribution < -0.4 is 5.32 Å². The van der Waals surface area contributed by atoms with Gasteiger partial charge in [0.25, 0.3) is 0 Å². The van der Waals surface area contributed by atoms with Crippen molar-refractivity contribution in [1.29, 1.82) is 0 Å². The highest BCUT2D eigenvalue weighted by Gasteiger charge is 2.28. The monoisotopic (exact) mass is 940 g/mol. The second-order valence-corrected chi connectivity index (χ2v) is 20.0. The van der Waals surface area contributed by atoms with E-state index in [-0.39, 0.29) is 0 Å². The molecule has 0 aliphatic rings. The SMILES string of the molecule is CCCCCCCC/C=C/CC/C=C/CC/C=C/CCCC(O)C(O)C(CO)NC(=O)C(O)CCCCCCCCCCCCCCCCCC/C=C\C/C=C\CCCCCCCCCCC. The minimum Gasteiger partial charge on any atom is -0.394 e. The van der Waals surface area contributed by atoms with Crippen LogP contribution in [0.4, 0.5) is 0 Å². The van der Waals surface area contributed by atoms with Crippen LogP contribution in [0.5, 0.6) is 0 Å². The van der Waals surface area contributed by atoms with Crippen molar-refractivity contribution in [3.63, 3.8) is 0 Å². The van der Waals surface area contributed by atoms with E-state index in [9.17, 15) is 25.2 Å². The third kappa shape index (κ3) is 48.8. The zero-order valence-corrected chi connectivity index (χ0v) is 44.4. The summed E-state index contributed by atoms with van der Waals surface area (Å²) in [6.45, 7) is 4.05. The van der Waals surface area contributed by atoms with Gasteiger partial charge in [-0.1, -0.05) is 254 Å². The fraction of sp³-hybridized carbons (Fsp3) is 0.820. The number of allylic oxidation sites excluding steroid dienone is 10. The number of unbranched alkanes of at least 4 members (excludes halogenated alkanes) is 34. The standard InChI is InChI=1S/C61H113NO5/c1-3-5-7-9-11-13-15-17-19-21-23-24-25-26-27-28-29-30-31-32-33-34-35-37-39-41-43-45-47-49-51-53-55-59(65)61(67)62-57(56-63)60(66)58(64)54-52-50-48-46-44-42-40-38-36-22-20-18-16-14-12-10-8-6-4-2/h18,20,23-24,26-27,38,40,46,48,57-60,63-66H,3-17,19,21-22,25,28-37,39,41-45,47,49-56H2,1-2H3,(H,62,67)/b20-18+,24-23-,27-26-,40-38+,48-46+. The van der Waals surface area contributed by atoms with Crippen LogP contribution in [0.3, 0.4) is 0 Å². The summed E-state index contributed by atoms with van der Waals surface area (Å²) in [6, 6.07) is -1.01. The Morgan fingerprint density at radius 2 is 0.672 bits per heavy atom. The van der Waals surface area contributed by atoms with Crippen LogP contribution in [0.2, 0.25) is 0 Å². The molecule has 0 heterocycles. The predicted octanol–water partition coefficient (Wildman–Crippen LogP) is 17.1. The van der Waals surface area contributed by atoms with Crippen molar-refractivity contribution in [1.82, 2.24) is 5.32 Å². The Labute approximate surface area is 416 Å². The van der Waals surface area contributed by atoms with Gasteiger partial charge in [0.15, 0.2) is 0 Å². The van der Waals surface area contributed by atoms with Crippen molar-refractivity contribution in [2.75, 3.05) is 6.61 Å². The molecule has 5 N–H and O–H groups in total. The van der Waals surface area contributed by atoms with E-state index in [0.29, 0.717) is 19.3 Å². The molecule has 0 aromatic carbocycles. The van der Waals surface area contributed by atoms with Gasteiger partial charge in [0.2, 0.25) is 5.91 Å². The maximum absolute atomic E-state index is 12.6. The first-order valence-electron chi connectivity index (χ1n) is 29.2. The van der Waals surface area contributed by atoms with Crippen molar-refractivity contribution < 1.29 is 25.2 Å². The third-order valence-electron chi connectivity index (χ3n) is 13.4. The molecule has 0 fully saturated rings. The number of carbonyl (C=O) groups is 1. The Balaban J connectivity index is 3.65. The summed E-state index contributed by atoms with van der Waals surface area (Å²) in [5, 5.41) is 43.9. The molecule has 0 aromatic heterocycles. The van der Waals surface area contributed by atoms with Gasteiger partial charge in [-0.05, 0) is 96.3 Å². The fourth-order valence-electron chi connectivity index (χ4n) is 8.82. The summed E-state index contributed by atoms with van der Waals surface area (Å²) < 4.78 is 0. The summed E-state index contributed by atoms with van der Waals surface area (Å²) in [7, 11) is 0. The normalized spacial score (nSPS) is 14.2. The molecule has 0 saturated carbocycles. The Kier molecular flexibility index (Phi) is 53.3. The van der Waals surface area contributed by atoms with Gasteiger partial charge in [-0.15, -0.1) is 0 Å². The number of rotatable bonds is 53. The van der Waals surface area contributed by atoms with Gasteiger partial charge >= 0.3 is 0 Å². The van der Waals surface area contributed by atoms with Crippen molar-refractivity contribution in [2.45, 2.75) is 314 Å². The Morgan fingerprint density at radius 3 is 1.03 bits per heavy atom. The summed E-state index contributed by atoms with van der Waals surface area (Å²) >= 11 is 0. The molecule has 0 aliphatic carbocycles. The van der Waals surface area contributed by atoms with Crippen molar-refractivity contribution in [3.8, 4) is 0 Å². The summed E-state index contributed by atoms with van der Waals surface area (Å²) in [4.78, 5) is 12.6. The number of amides is 1. The second kappa shape index (κ2) is 54.9. The molecule has 0 rings (SSSR count). The lowest BCUT2D eigenvalue weighted by Gasteiger charge is -2.27. The highest BCUT2D eigenvalue weighted by Crippen LogP contribution is 2.17. The maximum Gasteiger partial charge on any atom is 0.249 e. The molecule has 6 heteroatoms. The zero-order chi connectivity index (χ0) is 48.8. The Morgan fingerprint density at radius 1 is 0.373 bits per heavy atom. The molecule has 0 aliphatic heterocycles. The summed E-state index contributed by atoms with van der Waals surface area (Å²) in [5.74, 6) is -0.598. The quantitative estimate of drug-likeness (QED) is 0.0308. The predicted molar refractivity (Wildman–Crippen MR) is 293 cm³/mol. The minimum atomic E-state index is -1.30. The Bertz CT molecular complexity index is 1150. The number of nitrogens with one attached hydrogen (secondary N) is 1. The van der Waals surface area contributed by atoms with E-state index in [4.69, 9.17) is 0 Å². The number of hydrogen-bond acceptors (Lipinski definition) is 5. The minimum absolute atomic E-state index is 0.358. The summed E-state index contributed by atoms with van der Waals surface area (Å²) in [6.07, 6.45) is 71.5. The van der Waals surface area contributed by atoms with Crippen LogP contribution in [0, 0.1) is 0 Å². The van der Waals surface area contributed by atoms with Crippen LogP contribution in [0.1, 0.15) is 290 Å². The van der Waals surface area contributed by atoms with E-state index in [1.807, 2.05) is 0 Å². The maximum atomic E-state index is 12.6. The van der Waals surface area contributed by atoms with Crippen molar-refractivity contribution >= 4 is 5.91 Å². The number of carbonyl (C=O) groups excluding carboxylic acids is 1. The van der Waals surface area contributed by atoms with E-state index in [1.165, 1.54) is 199 Å². The Hall–Kier alpha value is -1.99. The van der Waals surface area contributed by atoms with Crippen molar-refractivity contribution in [3.05, 3.63) is 60.8 Å². The van der Waals surface area contributed by atoms with E-state index in [2.05, 4.69) is 79.9 Å². The first-order valence-corrected chi connectivity index (χ1v) is 29.2.